The first-order chi connectivity index (χ1) is 11.2. The van der Waals surface area contributed by atoms with Gasteiger partial charge in [-0.05, 0) is 26.0 Å². The van der Waals surface area contributed by atoms with Gasteiger partial charge in [0.1, 0.15) is 5.82 Å². The van der Waals surface area contributed by atoms with E-state index in [1.807, 2.05) is 0 Å². The van der Waals surface area contributed by atoms with Crippen molar-refractivity contribution in [3.63, 3.8) is 0 Å². The second-order valence-electron chi connectivity index (χ2n) is 5.00. The minimum atomic E-state index is -4.45. The van der Waals surface area contributed by atoms with Crippen LogP contribution in [0.25, 0.3) is 0 Å². The minimum Gasteiger partial charge on any atom is -0.261 e. The summed E-state index contributed by atoms with van der Waals surface area (Å²) in [7, 11) is 0. The highest BCUT2D eigenvalue weighted by Gasteiger charge is 2.30. The Labute approximate surface area is 135 Å². The maximum Gasteiger partial charge on any atom is 0.417 e. The first-order valence-corrected chi connectivity index (χ1v) is 6.77. The lowest BCUT2D eigenvalue weighted by atomic mass is 10.1. The van der Waals surface area contributed by atoms with E-state index in [1.54, 1.807) is 26.0 Å². The highest BCUT2D eigenvalue weighted by atomic mass is 19.4. The number of hydrogen-bond donors (Lipinski definition) is 1. The van der Waals surface area contributed by atoms with Crippen LogP contribution >= 0.6 is 0 Å². The first-order valence-electron chi connectivity index (χ1n) is 6.77. The van der Waals surface area contributed by atoms with Crippen molar-refractivity contribution in [2.24, 2.45) is 5.10 Å². The van der Waals surface area contributed by atoms with Gasteiger partial charge in [-0.1, -0.05) is 12.1 Å². The number of nitrogens with one attached hydrogen (secondary N) is 1. The van der Waals surface area contributed by atoms with Crippen molar-refractivity contribution < 1.29 is 18.1 Å². The van der Waals surface area contributed by atoms with E-state index in [1.165, 1.54) is 6.07 Å². The molecule has 24 heavy (non-hydrogen) atoms. The smallest absolute Gasteiger partial charge is 0.261 e. The highest BCUT2D eigenvalue weighted by molar-refractivity contribution is 5.99. The molecule has 0 aliphatic carbocycles. The van der Waals surface area contributed by atoms with Crippen LogP contribution < -0.4 is 5.43 Å². The van der Waals surface area contributed by atoms with Gasteiger partial charge in [-0.15, -0.1) is 0 Å². The summed E-state index contributed by atoms with van der Waals surface area (Å²) in [6, 6.07) is 6.69. The van der Waals surface area contributed by atoms with Gasteiger partial charge in [0.2, 0.25) is 0 Å². The molecule has 2 aromatic rings. The van der Waals surface area contributed by atoms with Crippen molar-refractivity contribution in [2.45, 2.75) is 20.0 Å². The van der Waals surface area contributed by atoms with E-state index >= 15 is 0 Å². The third-order valence-corrected chi connectivity index (χ3v) is 3.25. The van der Waals surface area contributed by atoms with Crippen LogP contribution in [0.2, 0.25) is 0 Å². The Kier molecular flexibility index (Phi) is 4.82. The predicted octanol–water partition coefficient (Wildman–Crippen LogP) is 4.15. The fraction of sp³-hybridized carbons (Fsp3) is 0.200. The molecule has 1 aromatic carbocycles. The molecule has 0 fully saturated rings. The fourth-order valence-corrected chi connectivity index (χ4v) is 1.86. The lowest BCUT2D eigenvalue weighted by molar-refractivity contribution is -0.385. The average Bonchev–Trinajstić information content (AvgIpc) is 2.52. The number of rotatable bonds is 4. The van der Waals surface area contributed by atoms with Crippen LogP contribution in [0.3, 0.4) is 0 Å². The van der Waals surface area contributed by atoms with Crippen molar-refractivity contribution in [2.75, 3.05) is 5.43 Å². The normalized spacial score (nSPS) is 12.1. The van der Waals surface area contributed by atoms with Crippen molar-refractivity contribution in [1.82, 2.24) is 4.98 Å². The summed E-state index contributed by atoms with van der Waals surface area (Å²) in [5.74, 6) is 0.129. The summed E-state index contributed by atoms with van der Waals surface area (Å²) in [4.78, 5) is 14.1. The van der Waals surface area contributed by atoms with Crippen LogP contribution in [0, 0.1) is 17.0 Å². The lowest BCUT2D eigenvalue weighted by Gasteiger charge is -2.07. The molecule has 0 amide bonds. The van der Waals surface area contributed by atoms with Gasteiger partial charge in [-0.25, -0.2) is 4.98 Å². The van der Waals surface area contributed by atoms with Gasteiger partial charge in [0.05, 0.1) is 16.2 Å². The molecule has 0 aliphatic rings. The number of nitro benzene ring substituents is 1. The van der Waals surface area contributed by atoms with Gasteiger partial charge < -0.3 is 0 Å². The maximum atomic E-state index is 12.4. The zero-order valence-electron chi connectivity index (χ0n) is 12.8. The Morgan fingerprint density at radius 3 is 2.54 bits per heavy atom. The van der Waals surface area contributed by atoms with E-state index in [0.717, 1.165) is 12.1 Å². The Bertz CT molecular complexity index is 786. The molecule has 1 N–H and O–H groups in total. The molecule has 6 nitrogen and oxygen atoms in total. The van der Waals surface area contributed by atoms with E-state index in [4.69, 9.17) is 0 Å². The van der Waals surface area contributed by atoms with Crippen molar-refractivity contribution in [3.8, 4) is 0 Å². The number of hydrogen-bond acceptors (Lipinski definition) is 5. The Balaban J connectivity index is 2.17. The van der Waals surface area contributed by atoms with E-state index in [2.05, 4.69) is 15.5 Å². The molecule has 1 heterocycles. The van der Waals surface area contributed by atoms with Crippen LogP contribution in [0.1, 0.15) is 23.6 Å². The molecule has 0 saturated carbocycles. The third-order valence-electron chi connectivity index (χ3n) is 3.25. The standard InChI is InChI=1S/C15H13F3N4O2/c1-9-3-4-11(7-13(9)22(23)24)10(2)20-21-14-6-5-12(8-19-14)15(16,17)18/h3-8H,1-2H3,(H,19,21)/b20-10+. The van der Waals surface area contributed by atoms with Crippen LogP contribution in [0.4, 0.5) is 24.7 Å². The number of anilines is 1. The number of aromatic nitrogens is 1. The molecule has 0 aliphatic heterocycles. The Hall–Kier alpha value is -2.97. The summed E-state index contributed by atoms with van der Waals surface area (Å²) < 4.78 is 37.3. The minimum absolute atomic E-state index is 0.0327. The van der Waals surface area contributed by atoms with E-state index < -0.39 is 16.7 Å². The predicted molar refractivity (Wildman–Crippen MR) is 82.9 cm³/mol. The SMILES string of the molecule is C/C(=N\Nc1ccc(C(F)(F)F)cn1)c1ccc(C)c([N+](=O)[O-])c1. The number of alkyl halides is 3. The van der Waals surface area contributed by atoms with Crippen molar-refractivity contribution in [3.05, 3.63) is 63.3 Å². The van der Waals surface area contributed by atoms with Gasteiger partial charge in [-0.2, -0.15) is 18.3 Å². The second-order valence-corrected chi connectivity index (χ2v) is 5.00. The van der Waals surface area contributed by atoms with Crippen LogP contribution in [0.5, 0.6) is 0 Å². The molecule has 0 saturated heterocycles. The Morgan fingerprint density at radius 2 is 2.00 bits per heavy atom. The number of aryl methyl sites for hydroxylation is 1. The molecular formula is C15H13F3N4O2. The maximum absolute atomic E-state index is 12.4. The summed E-state index contributed by atoms with van der Waals surface area (Å²) in [6.07, 6.45) is -3.75. The first kappa shape index (κ1) is 17.4. The molecule has 0 unspecified atom stereocenters. The molecular weight excluding hydrogens is 325 g/mol. The van der Waals surface area contributed by atoms with Crippen molar-refractivity contribution >= 4 is 17.2 Å². The number of benzene rings is 1. The van der Waals surface area contributed by atoms with Gasteiger partial charge in [0, 0.05) is 23.4 Å². The van der Waals surface area contributed by atoms with Gasteiger partial charge in [-0.3, -0.25) is 15.5 Å². The van der Waals surface area contributed by atoms with Crippen LogP contribution in [-0.4, -0.2) is 15.6 Å². The number of nitro groups is 1. The molecule has 1 aromatic heterocycles. The molecule has 0 spiro atoms. The number of nitrogens with zero attached hydrogens (tertiary/aromatic N) is 3. The van der Waals surface area contributed by atoms with Gasteiger partial charge >= 0.3 is 6.18 Å². The number of pyridine rings is 1. The average molecular weight is 338 g/mol. The van der Waals surface area contributed by atoms with Crippen molar-refractivity contribution in [1.29, 1.82) is 0 Å². The van der Waals surface area contributed by atoms with E-state index in [-0.39, 0.29) is 11.5 Å². The summed E-state index contributed by atoms with van der Waals surface area (Å²) in [5, 5.41) is 14.9. The topological polar surface area (TPSA) is 80.4 Å². The molecule has 2 rings (SSSR count). The lowest BCUT2D eigenvalue weighted by Crippen LogP contribution is -2.06. The fourth-order valence-electron chi connectivity index (χ4n) is 1.86. The highest BCUT2D eigenvalue weighted by Crippen LogP contribution is 2.28. The summed E-state index contributed by atoms with van der Waals surface area (Å²) in [6.45, 7) is 3.24. The molecule has 0 bridgehead atoms. The summed E-state index contributed by atoms with van der Waals surface area (Å²) in [5.41, 5.74) is 3.11. The van der Waals surface area contributed by atoms with E-state index in [0.29, 0.717) is 23.0 Å². The number of hydrazone groups is 1. The molecule has 9 heteroatoms. The van der Waals surface area contributed by atoms with Gasteiger partial charge in [0.25, 0.3) is 5.69 Å². The van der Waals surface area contributed by atoms with Crippen LogP contribution in [-0.2, 0) is 6.18 Å². The largest absolute Gasteiger partial charge is 0.417 e. The monoisotopic (exact) mass is 338 g/mol. The third kappa shape index (κ3) is 4.06. The summed E-state index contributed by atoms with van der Waals surface area (Å²) >= 11 is 0. The molecule has 0 radical (unpaired) electrons. The van der Waals surface area contributed by atoms with E-state index in [9.17, 15) is 23.3 Å². The second kappa shape index (κ2) is 6.65. The van der Waals surface area contributed by atoms with Crippen LogP contribution in [0.15, 0.2) is 41.6 Å². The molecule has 0 atom stereocenters. The number of halogens is 3. The zero-order chi connectivity index (χ0) is 17.9. The molecule has 126 valence electrons. The zero-order valence-corrected chi connectivity index (χ0v) is 12.8. The Morgan fingerprint density at radius 1 is 1.29 bits per heavy atom. The van der Waals surface area contributed by atoms with Gasteiger partial charge in [0.15, 0.2) is 0 Å². The quantitative estimate of drug-likeness (QED) is 0.516.